The first-order chi connectivity index (χ1) is 14.2. The van der Waals surface area contributed by atoms with Crippen molar-refractivity contribution < 1.29 is 27.2 Å². The number of methoxy groups -OCH3 is 1. The maximum Gasteiger partial charge on any atom is 0.360 e. The average Bonchev–Trinajstić information content (AvgIpc) is 3.20. The third-order valence-corrected chi connectivity index (χ3v) is 5.80. The molecule has 0 atom stereocenters. The number of carbonyl (C=O) groups is 1. The molecular weight excluding hydrogens is 432 g/mol. The van der Waals surface area contributed by atoms with Crippen LogP contribution >= 0.6 is 11.6 Å². The first-order valence-corrected chi connectivity index (χ1v) is 10.7. The molecule has 1 N–H and O–H groups in total. The maximum atomic E-state index is 13.1. The number of rotatable bonds is 7. The monoisotopic (exact) mass is 450 g/mol. The molecule has 1 heterocycles. The van der Waals surface area contributed by atoms with Crippen LogP contribution in [-0.4, -0.2) is 33.3 Å². The van der Waals surface area contributed by atoms with Crippen LogP contribution in [0.4, 0.5) is 5.69 Å². The number of halogens is 1. The zero-order chi connectivity index (χ0) is 21.9. The van der Waals surface area contributed by atoms with Gasteiger partial charge < -0.3 is 14.0 Å². The summed E-state index contributed by atoms with van der Waals surface area (Å²) in [5.74, 6) is -0.292. The van der Waals surface area contributed by atoms with Crippen molar-refractivity contribution in [2.75, 3.05) is 18.4 Å². The summed E-state index contributed by atoms with van der Waals surface area (Å²) in [7, 11) is -2.66. The van der Waals surface area contributed by atoms with E-state index in [1.807, 2.05) is 0 Å². The van der Waals surface area contributed by atoms with E-state index >= 15 is 0 Å². The Morgan fingerprint density at radius 1 is 1.20 bits per heavy atom. The molecule has 0 aliphatic rings. The third-order valence-electron chi connectivity index (χ3n) is 4.18. The van der Waals surface area contributed by atoms with Gasteiger partial charge in [-0.05, 0) is 49.7 Å². The van der Waals surface area contributed by atoms with Crippen LogP contribution in [0.2, 0.25) is 5.02 Å². The van der Waals surface area contributed by atoms with E-state index < -0.39 is 16.0 Å². The standard InChI is InChI=1S/C20H19ClN2O6S/c1-4-28-20(24)16-11-18(29-22-16)13-6-8-17(27-3)19(9-13)30(25,26)23-15-10-14(21)7-5-12(15)2/h5-11,23H,4H2,1-3H3. The number of carbonyl (C=O) groups excluding carboxylic acids is 1. The highest BCUT2D eigenvalue weighted by Crippen LogP contribution is 2.32. The minimum Gasteiger partial charge on any atom is -0.495 e. The lowest BCUT2D eigenvalue weighted by Gasteiger charge is -2.14. The number of benzene rings is 2. The predicted octanol–water partition coefficient (Wildman–Crippen LogP) is 4.29. The maximum absolute atomic E-state index is 13.1. The Labute approximate surface area is 178 Å². The second kappa shape index (κ2) is 8.76. The predicted molar refractivity (Wildman–Crippen MR) is 111 cm³/mol. The molecule has 0 bridgehead atoms. The number of hydrogen-bond acceptors (Lipinski definition) is 7. The van der Waals surface area contributed by atoms with Gasteiger partial charge in [-0.2, -0.15) is 0 Å². The van der Waals surface area contributed by atoms with E-state index in [-0.39, 0.29) is 28.7 Å². The molecule has 158 valence electrons. The van der Waals surface area contributed by atoms with Gasteiger partial charge in [-0.15, -0.1) is 0 Å². The lowest BCUT2D eigenvalue weighted by molar-refractivity contribution is 0.0514. The van der Waals surface area contributed by atoms with Crippen molar-refractivity contribution in [1.82, 2.24) is 5.16 Å². The van der Waals surface area contributed by atoms with Gasteiger partial charge >= 0.3 is 5.97 Å². The number of hydrogen-bond donors (Lipinski definition) is 1. The summed E-state index contributed by atoms with van der Waals surface area (Å²) in [5.41, 5.74) is 1.42. The molecule has 0 aliphatic heterocycles. The van der Waals surface area contributed by atoms with E-state index in [9.17, 15) is 13.2 Å². The minimum atomic E-state index is -4.03. The number of sulfonamides is 1. The number of nitrogens with one attached hydrogen (secondary N) is 1. The molecule has 0 unspecified atom stereocenters. The Morgan fingerprint density at radius 3 is 2.67 bits per heavy atom. The Balaban J connectivity index is 2.00. The topological polar surface area (TPSA) is 108 Å². The first kappa shape index (κ1) is 21.7. The number of anilines is 1. The van der Waals surface area contributed by atoms with Gasteiger partial charge in [0.25, 0.3) is 10.0 Å². The summed E-state index contributed by atoms with van der Waals surface area (Å²) in [5, 5.41) is 4.07. The molecule has 8 nitrogen and oxygen atoms in total. The number of nitrogens with zero attached hydrogens (tertiary/aromatic N) is 1. The largest absolute Gasteiger partial charge is 0.495 e. The Hall–Kier alpha value is -3.04. The van der Waals surface area contributed by atoms with Crippen LogP contribution in [0.5, 0.6) is 5.75 Å². The van der Waals surface area contributed by atoms with Crippen molar-refractivity contribution >= 4 is 33.3 Å². The molecule has 30 heavy (non-hydrogen) atoms. The van der Waals surface area contributed by atoms with Gasteiger partial charge in [-0.1, -0.05) is 22.8 Å². The summed E-state index contributed by atoms with van der Waals surface area (Å²) < 4.78 is 44.0. The highest BCUT2D eigenvalue weighted by molar-refractivity contribution is 7.92. The van der Waals surface area contributed by atoms with Crippen molar-refractivity contribution in [2.45, 2.75) is 18.7 Å². The van der Waals surface area contributed by atoms with E-state index in [0.29, 0.717) is 21.8 Å². The summed E-state index contributed by atoms with van der Waals surface area (Å²) in [4.78, 5) is 11.7. The fourth-order valence-electron chi connectivity index (χ4n) is 2.66. The average molecular weight is 451 g/mol. The van der Waals surface area contributed by atoms with E-state index in [2.05, 4.69) is 9.88 Å². The van der Waals surface area contributed by atoms with Gasteiger partial charge in [-0.3, -0.25) is 4.72 Å². The molecule has 3 aromatic rings. The van der Waals surface area contributed by atoms with E-state index in [4.69, 9.17) is 25.6 Å². The van der Waals surface area contributed by atoms with Crippen LogP contribution in [0, 0.1) is 6.92 Å². The van der Waals surface area contributed by atoms with Crippen molar-refractivity contribution in [3.8, 4) is 17.1 Å². The molecule has 0 saturated carbocycles. The lowest BCUT2D eigenvalue weighted by atomic mass is 10.1. The van der Waals surface area contributed by atoms with Crippen LogP contribution in [0.3, 0.4) is 0 Å². The van der Waals surface area contributed by atoms with Gasteiger partial charge in [0.15, 0.2) is 11.5 Å². The zero-order valence-corrected chi connectivity index (χ0v) is 18.0. The van der Waals surface area contributed by atoms with E-state index in [0.717, 1.165) is 0 Å². The Kier molecular flexibility index (Phi) is 6.33. The number of aromatic nitrogens is 1. The van der Waals surface area contributed by atoms with Crippen LogP contribution in [0.1, 0.15) is 23.0 Å². The third kappa shape index (κ3) is 4.58. The first-order valence-electron chi connectivity index (χ1n) is 8.86. The van der Waals surface area contributed by atoms with Crippen LogP contribution in [0.25, 0.3) is 11.3 Å². The van der Waals surface area contributed by atoms with Crippen LogP contribution in [0.15, 0.2) is 51.9 Å². The highest BCUT2D eigenvalue weighted by atomic mass is 35.5. The van der Waals surface area contributed by atoms with Crippen LogP contribution in [-0.2, 0) is 14.8 Å². The number of esters is 1. The Morgan fingerprint density at radius 2 is 1.97 bits per heavy atom. The molecule has 0 spiro atoms. The van der Waals surface area contributed by atoms with Gasteiger partial charge in [0.1, 0.15) is 10.6 Å². The van der Waals surface area contributed by atoms with Crippen molar-refractivity contribution in [3.05, 3.63) is 58.7 Å². The molecule has 3 rings (SSSR count). The minimum absolute atomic E-state index is 0.0141. The SMILES string of the molecule is CCOC(=O)c1cc(-c2ccc(OC)c(S(=O)(=O)Nc3cc(Cl)ccc3C)c2)on1. The van der Waals surface area contributed by atoms with Crippen LogP contribution < -0.4 is 9.46 Å². The van der Waals surface area contributed by atoms with E-state index in [1.54, 1.807) is 32.0 Å². The van der Waals surface area contributed by atoms with E-state index in [1.165, 1.54) is 31.4 Å². The van der Waals surface area contributed by atoms with Gasteiger partial charge in [-0.25, -0.2) is 13.2 Å². The molecule has 10 heteroatoms. The number of ether oxygens (including phenoxy) is 2. The normalized spacial score (nSPS) is 11.2. The summed E-state index contributed by atoms with van der Waals surface area (Å²) in [6.07, 6.45) is 0. The summed E-state index contributed by atoms with van der Waals surface area (Å²) in [6, 6.07) is 10.7. The molecular formula is C20H19ClN2O6S. The Bertz CT molecular complexity index is 1190. The summed E-state index contributed by atoms with van der Waals surface area (Å²) >= 11 is 5.99. The molecule has 2 aromatic carbocycles. The zero-order valence-electron chi connectivity index (χ0n) is 16.4. The second-order valence-electron chi connectivity index (χ2n) is 6.23. The van der Waals surface area contributed by atoms with Gasteiger partial charge in [0.05, 0.1) is 19.4 Å². The quantitative estimate of drug-likeness (QED) is 0.535. The fourth-order valence-corrected chi connectivity index (χ4v) is 4.15. The van der Waals surface area contributed by atoms with Gasteiger partial charge in [0, 0.05) is 16.7 Å². The molecule has 0 radical (unpaired) electrons. The highest BCUT2D eigenvalue weighted by Gasteiger charge is 2.23. The smallest absolute Gasteiger partial charge is 0.360 e. The second-order valence-corrected chi connectivity index (χ2v) is 8.31. The number of aryl methyl sites for hydroxylation is 1. The van der Waals surface area contributed by atoms with Gasteiger partial charge in [0.2, 0.25) is 0 Å². The molecule has 0 aliphatic carbocycles. The summed E-state index contributed by atoms with van der Waals surface area (Å²) in [6.45, 7) is 3.63. The lowest BCUT2D eigenvalue weighted by Crippen LogP contribution is -2.15. The van der Waals surface area contributed by atoms with Crippen molar-refractivity contribution in [1.29, 1.82) is 0 Å². The molecule has 1 aromatic heterocycles. The fraction of sp³-hybridized carbons (Fsp3) is 0.200. The molecule has 0 fully saturated rings. The molecule has 0 amide bonds. The molecule has 0 saturated heterocycles. The van der Waals surface area contributed by atoms with Crippen molar-refractivity contribution in [3.63, 3.8) is 0 Å². The van der Waals surface area contributed by atoms with Crippen molar-refractivity contribution in [2.24, 2.45) is 0 Å².